The molecule has 2 rings (SSSR count). The van der Waals surface area contributed by atoms with Crippen LogP contribution in [0.15, 0.2) is 0 Å². The van der Waals surface area contributed by atoms with E-state index in [4.69, 9.17) is 0 Å². The molecule has 2 saturated carbocycles. The summed E-state index contributed by atoms with van der Waals surface area (Å²) in [6.45, 7) is 2.22. The average molecular weight is 209 g/mol. The Morgan fingerprint density at radius 2 is 1.93 bits per heavy atom. The fourth-order valence-corrected chi connectivity index (χ4v) is 2.62. The normalized spacial score (nSPS) is 28.1. The molecule has 0 bridgehead atoms. The second-order valence-corrected chi connectivity index (χ2v) is 5.43. The molecule has 0 aromatic carbocycles. The molecule has 0 amide bonds. The molecule has 0 radical (unpaired) electrons. The lowest BCUT2D eigenvalue weighted by atomic mass is 9.98. The molecule has 0 N–H and O–H groups in total. The minimum Gasteiger partial charge on any atom is -0.305 e. The Kier molecular flexibility index (Phi) is 3.79. The summed E-state index contributed by atoms with van der Waals surface area (Å²) < 4.78 is 0. The highest BCUT2D eigenvalue weighted by Gasteiger charge is 2.26. The predicted molar refractivity (Wildman–Crippen MR) is 61.8 cm³/mol. The van der Waals surface area contributed by atoms with E-state index in [1.807, 2.05) is 0 Å². The number of carbonyl (C=O) groups is 1. The number of rotatable bonds is 4. The van der Waals surface area contributed by atoms with Gasteiger partial charge < -0.3 is 4.90 Å². The van der Waals surface area contributed by atoms with Gasteiger partial charge in [0.05, 0.1) is 0 Å². The van der Waals surface area contributed by atoms with Gasteiger partial charge in [-0.25, -0.2) is 0 Å². The second kappa shape index (κ2) is 5.11. The SMILES string of the molecule is CN(CC1CC1)CC1CCCCCC1=O. The molecule has 1 unspecified atom stereocenters. The second-order valence-electron chi connectivity index (χ2n) is 5.43. The number of Topliss-reactive ketones (excluding diaryl/α,β-unsaturated/α-hetero) is 1. The molecule has 0 aromatic heterocycles. The summed E-state index contributed by atoms with van der Waals surface area (Å²) >= 11 is 0. The van der Waals surface area contributed by atoms with Gasteiger partial charge in [-0.15, -0.1) is 0 Å². The van der Waals surface area contributed by atoms with Crippen LogP contribution in [0.25, 0.3) is 0 Å². The van der Waals surface area contributed by atoms with Gasteiger partial charge in [0.2, 0.25) is 0 Å². The van der Waals surface area contributed by atoms with E-state index < -0.39 is 0 Å². The molecule has 2 aliphatic carbocycles. The van der Waals surface area contributed by atoms with Crippen LogP contribution in [0.1, 0.15) is 44.9 Å². The fourth-order valence-electron chi connectivity index (χ4n) is 2.62. The lowest BCUT2D eigenvalue weighted by Gasteiger charge is -2.21. The van der Waals surface area contributed by atoms with Crippen LogP contribution >= 0.6 is 0 Å². The highest BCUT2D eigenvalue weighted by atomic mass is 16.1. The lowest BCUT2D eigenvalue weighted by molar-refractivity contribution is -0.123. The largest absolute Gasteiger partial charge is 0.305 e. The zero-order chi connectivity index (χ0) is 10.7. The van der Waals surface area contributed by atoms with Crippen molar-refractivity contribution in [1.29, 1.82) is 0 Å². The Labute approximate surface area is 93.0 Å². The Bertz CT molecular complexity index is 223. The summed E-state index contributed by atoms with van der Waals surface area (Å²) in [4.78, 5) is 14.2. The highest BCUT2D eigenvalue weighted by molar-refractivity contribution is 5.81. The third kappa shape index (κ3) is 3.60. The molecule has 0 aromatic rings. The van der Waals surface area contributed by atoms with Gasteiger partial charge in [0.1, 0.15) is 5.78 Å². The van der Waals surface area contributed by atoms with Crippen molar-refractivity contribution >= 4 is 5.78 Å². The highest BCUT2D eigenvalue weighted by Crippen LogP contribution is 2.30. The summed E-state index contributed by atoms with van der Waals surface area (Å²) in [5, 5.41) is 0. The molecular formula is C13H23NO. The van der Waals surface area contributed by atoms with Crippen molar-refractivity contribution in [3.63, 3.8) is 0 Å². The summed E-state index contributed by atoms with van der Waals surface area (Å²) in [6.07, 6.45) is 8.42. The lowest BCUT2D eigenvalue weighted by Crippen LogP contribution is -2.31. The van der Waals surface area contributed by atoms with Crippen LogP contribution in [-0.2, 0) is 4.79 Å². The average Bonchev–Trinajstić information content (AvgIpc) is 2.98. The summed E-state index contributed by atoms with van der Waals surface area (Å²) in [5.74, 6) is 1.81. The van der Waals surface area contributed by atoms with Crippen LogP contribution in [0.4, 0.5) is 0 Å². The summed E-state index contributed by atoms with van der Waals surface area (Å²) in [7, 11) is 2.18. The number of ketones is 1. The molecular weight excluding hydrogens is 186 g/mol. The molecule has 0 spiro atoms. The molecule has 2 fully saturated rings. The van der Waals surface area contributed by atoms with Crippen LogP contribution in [0.5, 0.6) is 0 Å². The van der Waals surface area contributed by atoms with Gasteiger partial charge in [-0.2, -0.15) is 0 Å². The van der Waals surface area contributed by atoms with Gasteiger partial charge in [0.25, 0.3) is 0 Å². The molecule has 0 heterocycles. The van der Waals surface area contributed by atoms with E-state index in [0.29, 0.717) is 11.7 Å². The molecule has 2 heteroatoms. The standard InChI is InChI=1S/C13H23NO/c1-14(9-11-7-8-11)10-12-5-3-2-4-6-13(12)15/h11-12H,2-10H2,1H3. The van der Waals surface area contributed by atoms with E-state index in [0.717, 1.165) is 31.7 Å². The van der Waals surface area contributed by atoms with Gasteiger partial charge in [-0.3, -0.25) is 4.79 Å². The van der Waals surface area contributed by atoms with Crippen molar-refractivity contribution in [1.82, 2.24) is 4.90 Å². The first-order chi connectivity index (χ1) is 7.25. The van der Waals surface area contributed by atoms with E-state index in [-0.39, 0.29) is 0 Å². The smallest absolute Gasteiger partial charge is 0.137 e. The Balaban J connectivity index is 1.76. The molecule has 0 saturated heterocycles. The van der Waals surface area contributed by atoms with Gasteiger partial charge in [0, 0.05) is 25.4 Å². The zero-order valence-corrected chi connectivity index (χ0v) is 9.87. The minimum atomic E-state index is 0.344. The van der Waals surface area contributed by atoms with Crippen LogP contribution in [0, 0.1) is 11.8 Å². The first-order valence-corrected chi connectivity index (χ1v) is 6.47. The van der Waals surface area contributed by atoms with Crippen molar-refractivity contribution in [3.8, 4) is 0 Å². The number of hydrogen-bond acceptors (Lipinski definition) is 2. The zero-order valence-electron chi connectivity index (χ0n) is 9.87. The van der Waals surface area contributed by atoms with Crippen molar-refractivity contribution in [2.45, 2.75) is 44.9 Å². The third-order valence-corrected chi connectivity index (χ3v) is 3.73. The summed E-state index contributed by atoms with van der Waals surface area (Å²) in [6, 6.07) is 0. The van der Waals surface area contributed by atoms with E-state index in [1.165, 1.54) is 32.2 Å². The maximum absolute atomic E-state index is 11.8. The first kappa shape index (κ1) is 11.1. The van der Waals surface area contributed by atoms with Gasteiger partial charge in [-0.05, 0) is 38.6 Å². The minimum absolute atomic E-state index is 0.344. The van der Waals surface area contributed by atoms with E-state index in [1.54, 1.807) is 0 Å². The van der Waals surface area contributed by atoms with Crippen LogP contribution in [0.3, 0.4) is 0 Å². The summed E-state index contributed by atoms with van der Waals surface area (Å²) in [5.41, 5.74) is 0. The van der Waals surface area contributed by atoms with Crippen LogP contribution in [0.2, 0.25) is 0 Å². The molecule has 0 aliphatic heterocycles. The van der Waals surface area contributed by atoms with Crippen molar-refractivity contribution in [2.24, 2.45) is 11.8 Å². The molecule has 2 nitrogen and oxygen atoms in total. The molecule has 86 valence electrons. The van der Waals surface area contributed by atoms with E-state index in [9.17, 15) is 4.79 Å². The van der Waals surface area contributed by atoms with E-state index in [2.05, 4.69) is 11.9 Å². The monoisotopic (exact) mass is 209 g/mol. The fraction of sp³-hybridized carbons (Fsp3) is 0.923. The van der Waals surface area contributed by atoms with Crippen molar-refractivity contribution in [2.75, 3.05) is 20.1 Å². The van der Waals surface area contributed by atoms with E-state index >= 15 is 0 Å². The number of hydrogen-bond donors (Lipinski definition) is 0. The predicted octanol–water partition coefficient (Wildman–Crippen LogP) is 2.48. The molecule has 2 aliphatic rings. The molecule has 1 atom stereocenters. The van der Waals surface area contributed by atoms with Crippen molar-refractivity contribution in [3.05, 3.63) is 0 Å². The van der Waals surface area contributed by atoms with Gasteiger partial charge in [-0.1, -0.05) is 12.8 Å². The van der Waals surface area contributed by atoms with Gasteiger partial charge >= 0.3 is 0 Å². The maximum Gasteiger partial charge on any atom is 0.137 e. The van der Waals surface area contributed by atoms with Crippen LogP contribution < -0.4 is 0 Å². The first-order valence-electron chi connectivity index (χ1n) is 6.47. The maximum atomic E-state index is 11.8. The number of nitrogens with zero attached hydrogens (tertiary/aromatic N) is 1. The molecule has 15 heavy (non-hydrogen) atoms. The Morgan fingerprint density at radius 3 is 2.67 bits per heavy atom. The van der Waals surface area contributed by atoms with Crippen molar-refractivity contribution < 1.29 is 4.79 Å². The Morgan fingerprint density at radius 1 is 1.13 bits per heavy atom. The third-order valence-electron chi connectivity index (χ3n) is 3.73. The quantitative estimate of drug-likeness (QED) is 0.663. The topological polar surface area (TPSA) is 20.3 Å². The van der Waals surface area contributed by atoms with Crippen LogP contribution in [-0.4, -0.2) is 30.8 Å². The number of carbonyl (C=O) groups excluding carboxylic acids is 1. The van der Waals surface area contributed by atoms with Gasteiger partial charge in [0.15, 0.2) is 0 Å². The Hall–Kier alpha value is -0.370.